The monoisotopic (exact) mass is 241 g/mol. The van der Waals surface area contributed by atoms with E-state index in [9.17, 15) is 9.59 Å². The average molecular weight is 241 g/mol. The molecule has 1 fully saturated rings. The van der Waals surface area contributed by atoms with Crippen LogP contribution in [0.3, 0.4) is 0 Å². The van der Waals surface area contributed by atoms with Crippen LogP contribution in [0.2, 0.25) is 0 Å². The van der Waals surface area contributed by atoms with Crippen LogP contribution in [0.4, 0.5) is 0 Å². The predicted molar refractivity (Wildman–Crippen MR) is 66.5 cm³/mol. The molecule has 0 spiro atoms. The Morgan fingerprint density at radius 2 is 2.12 bits per heavy atom. The van der Waals surface area contributed by atoms with Crippen molar-refractivity contribution in [1.29, 1.82) is 0 Å². The van der Waals surface area contributed by atoms with E-state index in [1.54, 1.807) is 0 Å². The molecule has 0 aliphatic carbocycles. The van der Waals surface area contributed by atoms with E-state index < -0.39 is 0 Å². The van der Waals surface area contributed by atoms with Gasteiger partial charge in [0.1, 0.15) is 0 Å². The zero-order chi connectivity index (χ0) is 12.8. The van der Waals surface area contributed by atoms with Gasteiger partial charge in [0.05, 0.1) is 12.5 Å². The molecule has 2 unspecified atom stereocenters. The summed E-state index contributed by atoms with van der Waals surface area (Å²) in [4.78, 5) is 23.2. The molecular weight excluding hydrogens is 218 g/mol. The van der Waals surface area contributed by atoms with Crippen molar-refractivity contribution >= 4 is 11.8 Å². The Bertz CT molecular complexity index is 279. The van der Waals surface area contributed by atoms with Gasteiger partial charge in [0.15, 0.2) is 0 Å². The van der Waals surface area contributed by atoms with E-state index in [1.807, 2.05) is 20.8 Å². The SMILES string of the molecule is CC(C)NC(=O)CNC(=O)C1CCCNC1C. The number of carbonyl (C=O) groups excluding carboxylic acids is 2. The fourth-order valence-electron chi connectivity index (χ4n) is 2.07. The minimum Gasteiger partial charge on any atom is -0.352 e. The molecule has 17 heavy (non-hydrogen) atoms. The summed E-state index contributed by atoms with van der Waals surface area (Å²) in [5.74, 6) is -0.177. The summed E-state index contributed by atoms with van der Waals surface area (Å²) in [7, 11) is 0. The Labute approximate surface area is 103 Å². The van der Waals surface area contributed by atoms with Crippen molar-refractivity contribution in [3.63, 3.8) is 0 Å². The third-order valence-electron chi connectivity index (χ3n) is 2.97. The van der Waals surface area contributed by atoms with Crippen LogP contribution in [-0.2, 0) is 9.59 Å². The van der Waals surface area contributed by atoms with E-state index in [2.05, 4.69) is 16.0 Å². The zero-order valence-corrected chi connectivity index (χ0v) is 10.9. The summed E-state index contributed by atoms with van der Waals surface area (Å²) < 4.78 is 0. The maximum absolute atomic E-state index is 11.9. The first kappa shape index (κ1) is 14.0. The molecule has 1 rings (SSSR count). The van der Waals surface area contributed by atoms with E-state index in [4.69, 9.17) is 0 Å². The molecule has 1 saturated heterocycles. The van der Waals surface area contributed by atoms with Crippen LogP contribution < -0.4 is 16.0 Å². The molecule has 0 saturated carbocycles. The smallest absolute Gasteiger partial charge is 0.239 e. The van der Waals surface area contributed by atoms with Gasteiger partial charge < -0.3 is 16.0 Å². The van der Waals surface area contributed by atoms with Gasteiger partial charge in [-0.15, -0.1) is 0 Å². The van der Waals surface area contributed by atoms with Gasteiger partial charge in [-0.25, -0.2) is 0 Å². The Morgan fingerprint density at radius 3 is 2.71 bits per heavy atom. The van der Waals surface area contributed by atoms with E-state index in [0.29, 0.717) is 0 Å². The third-order valence-corrected chi connectivity index (χ3v) is 2.97. The van der Waals surface area contributed by atoms with Crippen LogP contribution in [0, 0.1) is 5.92 Å². The molecular formula is C12H23N3O2. The van der Waals surface area contributed by atoms with E-state index in [1.165, 1.54) is 0 Å². The van der Waals surface area contributed by atoms with Crippen LogP contribution >= 0.6 is 0 Å². The fourth-order valence-corrected chi connectivity index (χ4v) is 2.07. The van der Waals surface area contributed by atoms with Crippen molar-refractivity contribution in [2.75, 3.05) is 13.1 Å². The molecule has 0 aromatic carbocycles. The molecule has 5 nitrogen and oxygen atoms in total. The van der Waals surface area contributed by atoms with Gasteiger partial charge in [0, 0.05) is 12.1 Å². The van der Waals surface area contributed by atoms with Crippen LogP contribution in [-0.4, -0.2) is 37.0 Å². The molecule has 2 amide bonds. The molecule has 0 radical (unpaired) electrons. The van der Waals surface area contributed by atoms with Crippen LogP contribution in [0.5, 0.6) is 0 Å². The topological polar surface area (TPSA) is 70.2 Å². The molecule has 2 atom stereocenters. The number of rotatable bonds is 4. The standard InChI is InChI=1S/C12H23N3O2/c1-8(2)15-11(16)7-14-12(17)10-5-4-6-13-9(10)3/h8-10,13H,4-7H2,1-3H3,(H,14,17)(H,15,16). The summed E-state index contributed by atoms with van der Waals surface area (Å²) in [6.07, 6.45) is 1.91. The minimum atomic E-state index is -0.134. The first-order chi connectivity index (χ1) is 8.00. The van der Waals surface area contributed by atoms with Crippen molar-refractivity contribution in [1.82, 2.24) is 16.0 Å². The van der Waals surface area contributed by atoms with E-state index in [0.717, 1.165) is 19.4 Å². The Kier molecular flexibility index (Phi) is 5.41. The summed E-state index contributed by atoms with van der Waals surface area (Å²) in [6, 6.07) is 0.298. The van der Waals surface area contributed by atoms with Crippen molar-refractivity contribution in [3.8, 4) is 0 Å². The van der Waals surface area contributed by atoms with Crippen molar-refractivity contribution in [2.45, 2.75) is 45.7 Å². The zero-order valence-electron chi connectivity index (χ0n) is 10.9. The second kappa shape index (κ2) is 6.59. The van der Waals surface area contributed by atoms with Gasteiger partial charge in [0.2, 0.25) is 11.8 Å². The summed E-state index contributed by atoms with van der Waals surface area (Å²) in [5.41, 5.74) is 0. The fraction of sp³-hybridized carbons (Fsp3) is 0.833. The van der Waals surface area contributed by atoms with Gasteiger partial charge in [-0.3, -0.25) is 9.59 Å². The normalized spacial score (nSPS) is 24.5. The number of hydrogen-bond donors (Lipinski definition) is 3. The first-order valence-corrected chi connectivity index (χ1v) is 6.31. The maximum atomic E-state index is 11.9. The molecule has 98 valence electrons. The van der Waals surface area contributed by atoms with Crippen LogP contribution in [0.25, 0.3) is 0 Å². The van der Waals surface area contributed by atoms with Gasteiger partial charge in [-0.1, -0.05) is 0 Å². The predicted octanol–water partition coefficient (Wildman–Crippen LogP) is 0.0153. The highest BCUT2D eigenvalue weighted by Gasteiger charge is 2.27. The first-order valence-electron chi connectivity index (χ1n) is 6.31. The molecule has 3 N–H and O–H groups in total. The summed E-state index contributed by atoms with van der Waals surface area (Å²) in [6.45, 7) is 6.84. The molecule has 5 heteroatoms. The highest BCUT2D eigenvalue weighted by Crippen LogP contribution is 2.15. The highest BCUT2D eigenvalue weighted by atomic mass is 16.2. The largest absolute Gasteiger partial charge is 0.352 e. The summed E-state index contributed by atoms with van der Waals surface area (Å²) in [5, 5.41) is 8.71. The number of hydrogen-bond acceptors (Lipinski definition) is 3. The second-order valence-electron chi connectivity index (χ2n) is 4.93. The second-order valence-corrected chi connectivity index (χ2v) is 4.93. The number of carbonyl (C=O) groups is 2. The van der Waals surface area contributed by atoms with Gasteiger partial charge in [0.25, 0.3) is 0 Å². The van der Waals surface area contributed by atoms with Gasteiger partial charge in [-0.05, 0) is 40.2 Å². The lowest BCUT2D eigenvalue weighted by atomic mass is 9.91. The Hall–Kier alpha value is -1.10. The molecule has 0 aromatic rings. The van der Waals surface area contributed by atoms with Gasteiger partial charge >= 0.3 is 0 Å². The van der Waals surface area contributed by atoms with E-state index in [-0.39, 0.29) is 36.4 Å². The molecule has 0 bridgehead atoms. The molecule has 0 aromatic heterocycles. The lowest BCUT2D eigenvalue weighted by molar-refractivity contribution is -0.129. The Morgan fingerprint density at radius 1 is 1.41 bits per heavy atom. The Balaban J connectivity index is 2.31. The summed E-state index contributed by atoms with van der Waals surface area (Å²) >= 11 is 0. The third kappa shape index (κ3) is 4.73. The van der Waals surface area contributed by atoms with Crippen molar-refractivity contribution < 1.29 is 9.59 Å². The van der Waals surface area contributed by atoms with Crippen LogP contribution in [0.1, 0.15) is 33.6 Å². The van der Waals surface area contributed by atoms with Crippen molar-refractivity contribution in [3.05, 3.63) is 0 Å². The van der Waals surface area contributed by atoms with E-state index >= 15 is 0 Å². The minimum absolute atomic E-state index is 0.0180. The lowest BCUT2D eigenvalue weighted by Crippen LogP contribution is -2.49. The number of nitrogens with one attached hydrogen (secondary N) is 3. The molecule has 1 aliphatic heterocycles. The number of amides is 2. The lowest BCUT2D eigenvalue weighted by Gasteiger charge is -2.28. The van der Waals surface area contributed by atoms with Crippen molar-refractivity contribution in [2.24, 2.45) is 5.92 Å². The molecule has 1 aliphatic rings. The van der Waals surface area contributed by atoms with Crippen LogP contribution in [0.15, 0.2) is 0 Å². The maximum Gasteiger partial charge on any atom is 0.239 e. The highest BCUT2D eigenvalue weighted by molar-refractivity contribution is 5.86. The quantitative estimate of drug-likeness (QED) is 0.649. The number of piperidine rings is 1. The average Bonchev–Trinajstić information content (AvgIpc) is 2.25. The van der Waals surface area contributed by atoms with Gasteiger partial charge in [-0.2, -0.15) is 0 Å². The molecule has 1 heterocycles.